The first-order chi connectivity index (χ1) is 8.17. The van der Waals surface area contributed by atoms with Crippen LogP contribution in [0.4, 0.5) is 11.8 Å². The van der Waals surface area contributed by atoms with Gasteiger partial charge >= 0.3 is 0 Å². The van der Waals surface area contributed by atoms with Crippen molar-refractivity contribution >= 4 is 11.8 Å². The fraction of sp³-hybridized carbons (Fsp3) is 0.636. The predicted octanol–water partition coefficient (Wildman–Crippen LogP) is 0.904. The van der Waals surface area contributed by atoms with E-state index in [1.54, 1.807) is 6.20 Å². The zero-order valence-corrected chi connectivity index (χ0v) is 10.8. The van der Waals surface area contributed by atoms with Crippen LogP contribution in [-0.4, -0.2) is 41.0 Å². The molecular weight excluding hydrogens is 216 g/mol. The minimum Gasteiger partial charge on any atom is -0.369 e. The van der Waals surface area contributed by atoms with E-state index >= 15 is 0 Å². The van der Waals surface area contributed by atoms with E-state index in [1.807, 2.05) is 6.07 Å². The normalized spacial score (nSPS) is 12.5. The van der Waals surface area contributed by atoms with Gasteiger partial charge in [0.25, 0.3) is 0 Å². The molecule has 17 heavy (non-hydrogen) atoms. The second-order valence-electron chi connectivity index (χ2n) is 4.07. The van der Waals surface area contributed by atoms with Gasteiger partial charge in [-0.15, -0.1) is 0 Å². The summed E-state index contributed by atoms with van der Waals surface area (Å²) >= 11 is 0. The maximum atomic E-state index is 5.24. The van der Waals surface area contributed by atoms with E-state index in [4.69, 9.17) is 5.84 Å². The third-order valence-corrected chi connectivity index (χ3v) is 2.90. The van der Waals surface area contributed by atoms with E-state index in [0.717, 1.165) is 25.3 Å². The number of aromatic nitrogens is 2. The lowest BCUT2D eigenvalue weighted by Crippen LogP contribution is -2.32. The summed E-state index contributed by atoms with van der Waals surface area (Å²) in [6.07, 6.45) is 2.83. The number of hydrogen-bond acceptors (Lipinski definition) is 6. The first-order valence-electron chi connectivity index (χ1n) is 5.91. The van der Waals surface area contributed by atoms with Crippen LogP contribution >= 0.6 is 0 Å². The molecule has 0 saturated heterocycles. The highest BCUT2D eigenvalue weighted by atomic mass is 15.3. The van der Waals surface area contributed by atoms with Crippen molar-refractivity contribution < 1.29 is 0 Å². The molecule has 0 aliphatic carbocycles. The Hall–Kier alpha value is -1.40. The standard InChI is InChI=1S/C11H22N6/c1-4-9(2)17(3)8-7-13-10-5-6-14-11(15-10)16-12/h5-6,9H,4,7-8,12H2,1-3H3,(H2,13,14,15,16). The van der Waals surface area contributed by atoms with E-state index in [-0.39, 0.29) is 0 Å². The van der Waals surface area contributed by atoms with Gasteiger partial charge in [0, 0.05) is 25.3 Å². The van der Waals surface area contributed by atoms with Crippen LogP contribution in [0, 0.1) is 0 Å². The maximum absolute atomic E-state index is 5.24. The Labute approximate surface area is 103 Å². The molecule has 4 N–H and O–H groups in total. The molecule has 0 aliphatic rings. The first-order valence-corrected chi connectivity index (χ1v) is 5.91. The van der Waals surface area contributed by atoms with Crippen LogP contribution in [0.25, 0.3) is 0 Å². The molecular formula is C11H22N6. The van der Waals surface area contributed by atoms with Crippen LogP contribution in [-0.2, 0) is 0 Å². The van der Waals surface area contributed by atoms with Gasteiger partial charge in [-0.3, -0.25) is 5.43 Å². The molecule has 0 spiro atoms. The Morgan fingerprint density at radius 2 is 2.29 bits per heavy atom. The average Bonchev–Trinajstić information content (AvgIpc) is 2.37. The molecule has 6 heteroatoms. The minimum atomic E-state index is 0.422. The molecule has 1 atom stereocenters. The highest BCUT2D eigenvalue weighted by Gasteiger charge is 2.05. The Kier molecular flexibility index (Phi) is 5.65. The van der Waals surface area contributed by atoms with E-state index in [1.165, 1.54) is 0 Å². The van der Waals surface area contributed by atoms with Gasteiger partial charge in [-0.1, -0.05) is 6.92 Å². The van der Waals surface area contributed by atoms with Crippen molar-refractivity contribution in [3.05, 3.63) is 12.3 Å². The van der Waals surface area contributed by atoms with E-state index in [0.29, 0.717) is 12.0 Å². The third-order valence-electron chi connectivity index (χ3n) is 2.90. The summed E-state index contributed by atoms with van der Waals surface area (Å²) in [5.74, 6) is 6.45. The molecule has 1 rings (SSSR count). The molecule has 6 nitrogen and oxygen atoms in total. The van der Waals surface area contributed by atoms with Gasteiger partial charge in [-0.05, 0) is 26.5 Å². The number of anilines is 2. The number of nitrogens with one attached hydrogen (secondary N) is 2. The number of nitrogen functional groups attached to an aromatic ring is 1. The number of hydrazine groups is 1. The van der Waals surface area contributed by atoms with Crippen molar-refractivity contribution in [1.29, 1.82) is 0 Å². The summed E-state index contributed by atoms with van der Waals surface area (Å²) in [7, 11) is 2.13. The lowest BCUT2D eigenvalue weighted by atomic mass is 10.2. The summed E-state index contributed by atoms with van der Waals surface area (Å²) in [4.78, 5) is 10.4. The molecule has 0 aliphatic heterocycles. The van der Waals surface area contributed by atoms with Crippen molar-refractivity contribution in [2.75, 3.05) is 30.9 Å². The lowest BCUT2D eigenvalue weighted by molar-refractivity contribution is 0.261. The van der Waals surface area contributed by atoms with Gasteiger partial charge in [-0.25, -0.2) is 10.8 Å². The van der Waals surface area contributed by atoms with Crippen molar-refractivity contribution in [3.8, 4) is 0 Å². The number of nitrogens with zero attached hydrogens (tertiary/aromatic N) is 3. The lowest BCUT2D eigenvalue weighted by Gasteiger charge is -2.23. The second-order valence-corrected chi connectivity index (χ2v) is 4.07. The second kappa shape index (κ2) is 7.03. The molecule has 0 bridgehead atoms. The minimum absolute atomic E-state index is 0.422. The van der Waals surface area contributed by atoms with Crippen LogP contribution in [0.5, 0.6) is 0 Å². The molecule has 1 aromatic heterocycles. The van der Waals surface area contributed by atoms with E-state index < -0.39 is 0 Å². The fourth-order valence-electron chi connectivity index (χ4n) is 1.42. The van der Waals surface area contributed by atoms with Gasteiger partial charge in [0.1, 0.15) is 5.82 Å². The van der Waals surface area contributed by atoms with Crippen molar-refractivity contribution in [3.63, 3.8) is 0 Å². The molecule has 1 heterocycles. The summed E-state index contributed by atoms with van der Waals surface area (Å²) in [6.45, 7) is 6.24. The molecule has 96 valence electrons. The summed E-state index contributed by atoms with van der Waals surface area (Å²) < 4.78 is 0. The van der Waals surface area contributed by atoms with Gasteiger partial charge in [-0.2, -0.15) is 4.98 Å². The number of nitrogens with two attached hydrogens (primary N) is 1. The molecule has 0 aromatic carbocycles. The van der Waals surface area contributed by atoms with Crippen LogP contribution < -0.4 is 16.6 Å². The van der Waals surface area contributed by atoms with E-state index in [2.05, 4.69) is 46.5 Å². The highest BCUT2D eigenvalue weighted by molar-refractivity contribution is 5.38. The zero-order chi connectivity index (χ0) is 12.7. The number of rotatable bonds is 7. The van der Waals surface area contributed by atoms with Crippen LogP contribution in [0.2, 0.25) is 0 Å². The van der Waals surface area contributed by atoms with Crippen LogP contribution in [0.1, 0.15) is 20.3 Å². The zero-order valence-electron chi connectivity index (χ0n) is 10.8. The largest absolute Gasteiger partial charge is 0.369 e. The topological polar surface area (TPSA) is 79.1 Å². The van der Waals surface area contributed by atoms with Crippen LogP contribution in [0.3, 0.4) is 0 Å². The number of likely N-dealkylation sites (N-methyl/N-ethyl adjacent to an activating group) is 1. The maximum Gasteiger partial charge on any atom is 0.239 e. The monoisotopic (exact) mass is 238 g/mol. The van der Waals surface area contributed by atoms with E-state index in [9.17, 15) is 0 Å². The third kappa shape index (κ3) is 4.54. The van der Waals surface area contributed by atoms with Crippen molar-refractivity contribution in [1.82, 2.24) is 14.9 Å². The predicted molar refractivity (Wildman–Crippen MR) is 70.7 cm³/mol. The Morgan fingerprint density at radius 1 is 1.53 bits per heavy atom. The molecule has 1 aromatic rings. The first kappa shape index (κ1) is 13.7. The van der Waals surface area contributed by atoms with Crippen LogP contribution in [0.15, 0.2) is 12.3 Å². The molecule has 0 saturated carbocycles. The quantitative estimate of drug-likeness (QED) is 0.484. The molecule has 0 fully saturated rings. The smallest absolute Gasteiger partial charge is 0.239 e. The molecule has 0 radical (unpaired) electrons. The highest BCUT2D eigenvalue weighted by Crippen LogP contribution is 2.04. The average molecular weight is 238 g/mol. The Bertz CT molecular complexity index is 329. The summed E-state index contributed by atoms with van der Waals surface area (Å²) in [5.41, 5.74) is 2.42. The van der Waals surface area contributed by atoms with Gasteiger partial charge in [0.15, 0.2) is 0 Å². The molecule has 0 amide bonds. The van der Waals surface area contributed by atoms with Gasteiger partial charge < -0.3 is 10.2 Å². The Morgan fingerprint density at radius 3 is 2.94 bits per heavy atom. The van der Waals surface area contributed by atoms with Gasteiger partial charge in [0.2, 0.25) is 5.95 Å². The van der Waals surface area contributed by atoms with Crippen molar-refractivity contribution in [2.45, 2.75) is 26.3 Å². The number of hydrogen-bond donors (Lipinski definition) is 3. The SMILES string of the molecule is CCC(C)N(C)CCNc1ccnc(NN)n1. The summed E-state index contributed by atoms with van der Waals surface area (Å²) in [5, 5.41) is 3.24. The van der Waals surface area contributed by atoms with Gasteiger partial charge in [0.05, 0.1) is 0 Å². The summed E-state index contributed by atoms with van der Waals surface area (Å²) in [6, 6.07) is 2.42. The van der Waals surface area contributed by atoms with Crippen molar-refractivity contribution in [2.24, 2.45) is 5.84 Å². The Balaban J connectivity index is 2.35. The fourth-order valence-corrected chi connectivity index (χ4v) is 1.42. The molecule has 1 unspecified atom stereocenters.